The molecule has 1 saturated heterocycles. The second-order valence-electron chi connectivity index (χ2n) is 8.38. The average molecular weight is 444 g/mol. The number of nitriles is 1. The van der Waals surface area contributed by atoms with E-state index < -0.39 is 0 Å². The number of ether oxygens (including phenoxy) is 1. The number of fused-ring (bicyclic) bond motifs is 1. The van der Waals surface area contributed by atoms with Crippen LogP contribution in [0.4, 0.5) is 5.82 Å². The summed E-state index contributed by atoms with van der Waals surface area (Å²) < 4.78 is 7.34. The van der Waals surface area contributed by atoms with Gasteiger partial charge in [0.1, 0.15) is 11.9 Å². The molecule has 1 unspecified atom stereocenters. The number of carbonyl (C=O) groups is 1. The van der Waals surface area contributed by atoms with Crippen LogP contribution in [0, 0.1) is 18.3 Å². The van der Waals surface area contributed by atoms with E-state index in [4.69, 9.17) is 10.00 Å². The zero-order valence-corrected chi connectivity index (χ0v) is 18.5. The molecule has 0 saturated carbocycles. The summed E-state index contributed by atoms with van der Waals surface area (Å²) in [5.74, 6) is 0.629. The molecule has 0 radical (unpaired) electrons. The predicted molar refractivity (Wildman–Crippen MR) is 121 cm³/mol. The highest BCUT2D eigenvalue weighted by Crippen LogP contribution is 2.28. The molecule has 1 amide bonds. The summed E-state index contributed by atoms with van der Waals surface area (Å²) in [4.78, 5) is 19.3. The van der Waals surface area contributed by atoms with Crippen molar-refractivity contribution in [1.82, 2.24) is 25.3 Å². The molecule has 0 aliphatic carbocycles. The molecule has 9 nitrogen and oxygen atoms in total. The highest BCUT2D eigenvalue weighted by Gasteiger charge is 2.24. The summed E-state index contributed by atoms with van der Waals surface area (Å²) in [7, 11) is 0. The number of carbonyl (C=O) groups excluding carboxylic acids is 1. The lowest BCUT2D eigenvalue weighted by molar-refractivity contribution is 0.0853. The average Bonchev–Trinajstić information content (AvgIpc) is 3.51. The number of benzene rings is 1. The molecule has 5 rings (SSSR count). The first-order chi connectivity index (χ1) is 16.1. The first-order valence-electron chi connectivity index (χ1n) is 11.2. The maximum absolute atomic E-state index is 12.7. The van der Waals surface area contributed by atoms with Gasteiger partial charge in [0.2, 0.25) is 0 Å². The lowest BCUT2D eigenvalue weighted by Crippen LogP contribution is -2.32. The monoisotopic (exact) mass is 443 g/mol. The fourth-order valence-corrected chi connectivity index (χ4v) is 4.49. The summed E-state index contributed by atoms with van der Waals surface area (Å²) in [5.41, 5.74) is 4.93. The molecule has 1 aromatic carbocycles. The third kappa shape index (κ3) is 4.17. The zero-order valence-electron chi connectivity index (χ0n) is 18.5. The van der Waals surface area contributed by atoms with Crippen LogP contribution in [-0.4, -0.2) is 51.7 Å². The van der Waals surface area contributed by atoms with Crippen LogP contribution < -0.4 is 10.2 Å². The molecular formula is C24H25N7O2. The first-order valence-corrected chi connectivity index (χ1v) is 11.2. The maximum Gasteiger partial charge on any atom is 0.273 e. The Morgan fingerprint density at radius 3 is 3.00 bits per heavy atom. The summed E-state index contributed by atoms with van der Waals surface area (Å²) in [6, 6.07) is 11.9. The zero-order chi connectivity index (χ0) is 22.8. The Balaban J connectivity index is 1.35. The van der Waals surface area contributed by atoms with Crippen molar-refractivity contribution in [2.75, 3.05) is 24.6 Å². The number of hydrogen-bond acceptors (Lipinski definition) is 7. The Kier molecular flexibility index (Phi) is 5.75. The van der Waals surface area contributed by atoms with Crippen molar-refractivity contribution in [2.24, 2.45) is 0 Å². The Hall–Kier alpha value is -3.77. The van der Waals surface area contributed by atoms with E-state index in [0.29, 0.717) is 30.0 Å². The third-order valence-corrected chi connectivity index (χ3v) is 6.29. The van der Waals surface area contributed by atoms with Crippen molar-refractivity contribution in [3.05, 3.63) is 64.6 Å². The van der Waals surface area contributed by atoms with E-state index in [1.54, 1.807) is 16.9 Å². The van der Waals surface area contributed by atoms with Crippen LogP contribution in [0.25, 0.3) is 5.69 Å². The molecule has 33 heavy (non-hydrogen) atoms. The van der Waals surface area contributed by atoms with Gasteiger partial charge >= 0.3 is 0 Å². The molecule has 4 heterocycles. The van der Waals surface area contributed by atoms with Crippen LogP contribution in [0.5, 0.6) is 0 Å². The minimum Gasteiger partial charge on any atom is -0.376 e. The number of nitrogens with zero attached hydrogens (tertiary/aromatic N) is 6. The Bertz CT molecular complexity index is 1210. The summed E-state index contributed by atoms with van der Waals surface area (Å²) in [5, 5.41) is 20.4. The van der Waals surface area contributed by atoms with Crippen molar-refractivity contribution in [3.63, 3.8) is 0 Å². The summed E-state index contributed by atoms with van der Waals surface area (Å²) >= 11 is 0. The van der Waals surface area contributed by atoms with Crippen LogP contribution in [0.3, 0.4) is 0 Å². The number of pyridine rings is 1. The number of amides is 1. The van der Waals surface area contributed by atoms with Gasteiger partial charge in [0.25, 0.3) is 5.91 Å². The van der Waals surface area contributed by atoms with Crippen LogP contribution in [0.15, 0.2) is 36.5 Å². The molecule has 1 N–H and O–H groups in total. The molecule has 2 aromatic heterocycles. The second-order valence-corrected chi connectivity index (χ2v) is 8.38. The van der Waals surface area contributed by atoms with E-state index in [1.807, 2.05) is 25.1 Å². The van der Waals surface area contributed by atoms with E-state index in [1.165, 1.54) is 11.1 Å². The summed E-state index contributed by atoms with van der Waals surface area (Å²) in [6.45, 7) is 4.63. The van der Waals surface area contributed by atoms with Crippen LogP contribution in [-0.2, 0) is 17.7 Å². The number of anilines is 1. The number of aromatic nitrogens is 4. The first kappa shape index (κ1) is 21.1. The highest BCUT2D eigenvalue weighted by atomic mass is 16.5. The van der Waals surface area contributed by atoms with Gasteiger partial charge in [-0.1, -0.05) is 17.3 Å². The van der Waals surface area contributed by atoms with Gasteiger partial charge < -0.3 is 15.0 Å². The van der Waals surface area contributed by atoms with Gasteiger partial charge in [0.05, 0.1) is 23.0 Å². The van der Waals surface area contributed by atoms with Crippen molar-refractivity contribution in [1.29, 1.82) is 5.26 Å². The standard InChI is InChI=1S/C24H25N7O2/c1-16-23(24(32)27-14-19-5-3-11-33-19)28-29-31(16)21-6-2-4-18-15-30(10-9-20(18)21)22-8-7-17(12-25)13-26-22/h2,4,6-8,13,19H,3,5,9-11,14-15H2,1H3,(H,27,32). The number of hydrogen-bond donors (Lipinski definition) is 1. The minimum absolute atomic E-state index is 0.0824. The molecule has 2 aliphatic rings. The molecule has 0 spiro atoms. The summed E-state index contributed by atoms with van der Waals surface area (Å²) in [6.07, 6.45) is 4.50. The topological polar surface area (TPSA) is 109 Å². The normalized spacial score (nSPS) is 17.5. The largest absolute Gasteiger partial charge is 0.376 e. The smallest absolute Gasteiger partial charge is 0.273 e. The second kappa shape index (κ2) is 9.00. The maximum atomic E-state index is 12.7. The van der Waals surface area contributed by atoms with E-state index in [2.05, 4.69) is 37.6 Å². The molecule has 2 aliphatic heterocycles. The van der Waals surface area contributed by atoms with Gasteiger partial charge in [0.15, 0.2) is 5.69 Å². The molecule has 3 aromatic rings. The predicted octanol–water partition coefficient (Wildman–Crippen LogP) is 2.31. The molecule has 0 bridgehead atoms. The Labute approximate surface area is 192 Å². The quantitative estimate of drug-likeness (QED) is 0.644. The third-order valence-electron chi connectivity index (χ3n) is 6.29. The molecule has 168 valence electrons. The van der Waals surface area contributed by atoms with E-state index in [-0.39, 0.29) is 12.0 Å². The Morgan fingerprint density at radius 2 is 2.24 bits per heavy atom. The fraction of sp³-hybridized carbons (Fsp3) is 0.375. The van der Waals surface area contributed by atoms with Crippen molar-refractivity contribution in [2.45, 2.75) is 38.8 Å². The van der Waals surface area contributed by atoms with Gasteiger partial charge in [-0.3, -0.25) is 4.79 Å². The van der Waals surface area contributed by atoms with E-state index in [9.17, 15) is 4.79 Å². The minimum atomic E-state index is -0.225. The SMILES string of the molecule is Cc1c(C(=O)NCC2CCCO2)nnn1-c1cccc2c1CCN(c1ccc(C#N)cn1)C2. The van der Waals surface area contributed by atoms with Gasteiger partial charge in [-0.15, -0.1) is 5.10 Å². The Morgan fingerprint density at radius 1 is 1.33 bits per heavy atom. The lowest BCUT2D eigenvalue weighted by atomic mass is 9.97. The van der Waals surface area contributed by atoms with Gasteiger partial charge in [-0.25, -0.2) is 9.67 Å². The molecular weight excluding hydrogens is 418 g/mol. The van der Waals surface area contributed by atoms with Gasteiger partial charge in [-0.05, 0) is 55.5 Å². The van der Waals surface area contributed by atoms with Crippen LogP contribution >= 0.6 is 0 Å². The molecule has 1 atom stereocenters. The van der Waals surface area contributed by atoms with Crippen molar-refractivity contribution >= 4 is 11.7 Å². The lowest BCUT2D eigenvalue weighted by Gasteiger charge is -2.31. The number of nitrogens with one attached hydrogen (secondary N) is 1. The van der Waals surface area contributed by atoms with Gasteiger partial charge in [-0.2, -0.15) is 5.26 Å². The van der Waals surface area contributed by atoms with E-state index in [0.717, 1.165) is 43.9 Å². The van der Waals surface area contributed by atoms with Gasteiger partial charge in [0, 0.05) is 32.4 Å². The van der Waals surface area contributed by atoms with Crippen molar-refractivity contribution < 1.29 is 9.53 Å². The van der Waals surface area contributed by atoms with E-state index >= 15 is 0 Å². The number of rotatable bonds is 5. The van der Waals surface area contributed by atoms with Crippen LogP contribution in [0.2, 0.25) is 0 Å². The molecule has 9 heteroatoms. The molecule has 1 fully saturated rings. The van der Waals surface area contributed by atoms with Crippen LogP contribution in [0.1, 0.15) is 45.7 Å². The van der Waals surface area contributed by atoms with Crippen molar-refractivity contribution in [3.8, 4) is 11.8 Å². The highest BCUT2D eigenvalue weighted by molar-refractivity contribution is 5.93. The fourth-order valence-electron chi connectivity index (χ4n) is 4.49.